The molecule has 2 heterocycles. The summed E-state index contributed by atoms with van der Waals surface area (Å²) in [4.78, 5) is 18.7. The van der Waals surface area contributed by atoms with Gasteiger partial charge in [0.05, 0.1) is 26.4 Å². The summed E-state index contributed by atoms with van der Waals surface area (Å²) in [6.07, 6.45) is 3.46. The number of pyridine rings is 1. The Morgan fingerprint density at radius 2 is 1.83 bits per heavy atom. The van der Waals surface area contributed by atoms with E-state index in [1.807, 2.05) is 30.3 Å². The van der Waals surface area contributed by atoms with Gasteiger partial charge in [-0.3, -0.25) is 9.78 Å². The summed E-state index contributed by atoms with van der Waals surface area (Å²) >= 11 is 0. The van der Waals surface area contributed by atoms with Gasteiger partial charge >= 0.3 is 0 Å². The Morgan fingerprint density at radius 3 is 2.66 bits per heavy atom. The van der Waals surface area contributed by atoms with E-state index in [2.05, 4.69) is 4.98 Å². The van der Waals surface area contributed by atoms with Crippen molar-refractivity contribution in [1.29, 1.82) is 0 Å². The molecule has 0 radical (unpaired) electrons. The summed E-state index contributed by atoms with van der Waals surface area (Å²) in [5.41, 5.74) is 1.90. The molecular weight excluding hydrogens is 376 g/mol. The number of nitrogens with zero attached hydrogens (tertiary/aromatic N) is 2. The molecule has 0 spiro atoms. The third kappa shape index (κ3) is 6.70. The molecule has 1 amide bonds. The van der Waals surface area contributed by atoms with Crippen molar-refractivity contribution in [3.05, 3.63) is 53.9 Å². The molecule has 0 unspecified atom stereocenters. The molecule has 0 bridgehead atoms. The van der Waals surface area contributed by atoms with Crippen molar-refractivity contribution < 1.29 is 28.5 Å². The molecule has 1 aromatic heterocycles. The van der Waals surface area contributed by atoms with Crippen molar-refractivity contribution >= 4 is 5.91 Å². The van der Waals surface area contributed by atoms with Crippen LogP contribution in [0.4, 0.5) is 0 Å². The molecule has 2 aromatic rings. The summed E-state index contributed by atoms with van der Waals surface area (Å²) in [5, 5.41) is 0. The summed E-state index contributed by atoms with van der Waals surface area (Å²) in [5.74, 6) is 1.31. The Hall–Kier alpha value is -2.68. The topological polar surface area (TPSA) is 79.4 Å². The molecule has 1 aliphatic rings. The van der Waals surface area contributed by atoms with Gasteiger partial charge in [0.15, 0.2) is 11.5 Å². The number of aromatic nitrogens is 1. The van der Waals surface area contributed by atoms with Crippen LogP contribution in [0.15, 0.2) is 42.7 Å². The van der Waals surface area contributed by atoms with Crippen molar-refractivity contribution in [3.8, 4) is 11.5 Å². The maximum atomic E-state index is 12.8. The number of benzene rings is 1. The van der Waals surface area contributed by atoms with Gasteiger partial charge in [0.25, 0.3) is 0 Å². The fraction of sp³-hybridized carbons (Fsp3) is 0.429. The summed E-state index contributed by atoms with van der Waals surface area (Å²) in [6, 6.07) is 9.49. The molecule has 156 valence electrons. The van der Waals surface area contributed by atoms with Crippen LogP contribution in [0.5, 0.6) is 11.5 Å². The van der Waals surface area contributed by atoms with E-state index in [-0.39, 0.29) is 19.3 Å². The second-order valence-electron chi connectivity index (χ2n) is 6.46. The zero-order valence-electron chi connectivity index (χ0n) is 16.5. The van der Waals surface area contributed by atoms with Crippen LogP contribution in [0.25, 0.3) is 0 Å². The lowest BCUT2D eigenvalue weighted by atomic mass is 10.1. The summed E-state index contributed by atoms with van der Waals surface area (Å²) < 4.78 is 26.5. The van der Waals surface area contributed by atoms with Gasteiger partial charge in [-0.05, 0) is 29.3 Å². The van der Waals surface area contributed by atoms with Crippen LogP contribution < -0.4 is 9.47 Å². The second-order valence-corrected chi connectivity index (χ2v) is 6.46. The number of methoxy groups -OCH3 is 1. The fourth-order valence-corrected chi connectivity index (χ4v) is 2.82. The lowest BCUT2D eigenvalue weighted by Gasteiger charge is -2.23. The average molecular weight is 402 g/mol. The number of hydrogen-bond acceptors (Lipinski definition) is 7. The third-order valence-electron chi connectivity index (χ3n) is 4.29. The van der Waals surface area contributed by atoms with Crippen molar-refractivity contribution in [3.63, 3.8) is 0 Å². The summed E-state index contributed by atoms with van der Waals surface area (Å²) in [6.45, 7) is 2.88. The van der Waals surface area contributed by atoms with Gasteiger partial charge in [-0.15, -0.1) is 0 Å². The Balaban J connectivity index is 1.56. The smallest absolute Gasteiger partial charge is 0.249 e. The highest BCUT2D eigenvalue weighted by atomic mass is 16.7. The third-order valence-corrected chi connectivity index (χ3v) is 4.29. The Kier molecular flexibility index (Phi) is 8.24. The maximum absolute atomic E-state index is 12.8. The zero-order valence-corrected chi connectivity index (χ0v) is 16.5. The largest absolute Gasteiger partial charge is 0.454 e. The molecule has 0 saturated heterocycles. The molecule has 29 heavy (non-hydrogen) atoms. The molecule has 8 nitrogen and oxygen atoms in total. The van der Waals surface area contributed by atoms with E-state index in [1.54, 1.807) is 24.4 Å². The minimum absolute atomic E-state index is 0.0154. The molecule has 1 aromatic carbocycles. The van der Waals surface area contributed by atoms with Crippen LogP contribution in [-0.2, 0) is 32.1 Å². The van der Waals surface area contributed by atoms with Gasteiger partial charge in [-0.2, -0.15) is 0 Å². The maximum Gasteiger partial charge on any atom is 0.249 e. The van der Waals surface area contributed by atoms with E-state index < -0.39 is 0 Å². The van der Waals surface area contributed by atoms with E-state index in [9.17, 15) is 4.79 Å². The first-order valence-electron chi connectivity index (χ1n) is 9.46. The number of amides is 1. The Bertz CT molecular complexity index is 771. The van der Waals surface area contributed by atoms with Gasteiger partial charge in [0, 0.05) is 32.6 Å². The molecule has 0 saturated carbocycles. The molecule has 0 fully saturated rings. The van der Waals surface area contributed by atoms with Crippen LogP contribution in [-0.4, -0.2) is 62.7 Å². The molecule has 8 heteroatoms. The minimum Gasteiger partial charge on any atom is -0.454 e. The van der Waals surface area contributed by atoms with Crippen molar-refractivity contribution in [1.82, 2.24) is 9.88 Å². The first-order chi connectivity index (χ1) is 14.3. The van der Waals surface area contributed by atoms with E-state index in [0.29, 0.717) is 45.3 Å². The number of ether oxygens (including phenoxy) is 5. The number of fused-ring (bicyclic) bond motifs is 1. The van der Waals surface area contributed by atoms with Crippen LogP contribution in [0.3, 0.4) is 0 Å². The van der Waals surface area contributed by atoms with E-state index in [0.717, 1.165) is 16.9 Å². The molecule has 3 rings (SSSR count). The number of carbonyl (C=O) groups is 1. The number of rotatable bonds is 12. The van der Waals surface area contributed by atoms with Crippen LogP contribution >= 0.6 is 0 Å². The molecular formula is C21H26N2O6. The van der Waals surface area contributed by atoms with Crippen molar-refractivity contribution in [2.24, 2.45) is 0 Å². The predicted octanol–water partition coefficient (Wildman–Crippen LogP) is 2.02. The van der Waals surface area contributed by atoms with Crippen molar-refractivity contribution in [2.75, 3.05) is 46.9 Å². The summed E-state index contributed by atoms with van der Waals surface area (Å²) in [7, 11) is 1.62. The Morgan fingerprint density at radius 1 is 1.03 bits per heavy atom. The standard InChI is InChI=1S/C21H26N2O6/c1-25-7-8-26-9-10-27-15-21(24)23(14-18-3-2-6-22-12-18)13-17-4-5-19-20(11-17)29-16-28-19/h2-6,11-12H,7-10,13-16H2,1H3. The highest BCUT2D eigenvalue weighted by molar-refractivity contribution is 5.77. The van der Waals surface area contributed by atoms with E-state index in [1.165, 1.54) is 0 Å². The number of carbonyl (C=O) groups excluding carboxylic acids is 1. The number of hydrogen-bond donors (Lipinski definition) is 0. The SMILES string of the molecule is COCCOCCOCC(=O)N(Cc1cccnc1)Cc1ccc2c(c1)OCO2. The Labute approximate surface area is 170 Å². The van der Waals surface area contributed by atoms with Gasteiger partial charge in [-0.1, -0.05) is 12.1 Å². The van der Waals surface area contributed by atoms with Crippen LogP contribution in [0.2, 0.25) is 0 Å². The minimum atomic E-state index is -0.108. The highest BCUT2D eigenvalue weighted by Gasteiger charge is 2.18. The van der Waals surface area contributed by atoms with E-state index in [4.69, 9.17) is 23.7 Å². The van der Waals surface area contributed by atoms with Gasteiger partial charge in [-0.25, -0.2) is 0 Å². The van der Waals surface area contributed by atoms with Gasteiger partial charge < -0.3 is 28.6 Å². The fourth-order valence-electron chi connectivity index (χ4n) is 2.82. The first-order valence-corrected chi connectivity index (χ1v) is 9.46. The lowest BCUT2D eigenvalue weighted by molar-refractivity contribution is -0.138. The second kappa shape index (κ2) is 11.4. The molecule has 0 atom stereocenters. The molecule has 1 aliphatic heterocycles. The van der Waals surface area contributed by atoms with E-state index >= 15 is 0 Å². The molecule has 0 N–H and O–H groups in total. The quantitative estimate of drug-likeness (QED) is 0.503. The van der Waals surface area contributed by atoms with Crippen molar-refractivity contribution in [2.45, 2.75) is 13.1 Å². The monoisotopic (exact) mass is 402 g/mol. The van der Waals surface area contributed by atoms with Crippen LogP contribution in [0.1, 0.15) is 11.1 Å². The normalized spacial score (nSPS) is 12.2. The average Bonchev–Trinajstić information content (AvgIpc) is 3.21. The van der Waals surface area contributed by atoms with Crippen LogP contribution in [0, 0.1) is 0 Å². The lowest BCUT2D eigenvalue weighted by Crippen LogP contribution is -2.33. The highest BCUT2D eigenvalue weighted by Crippen LogP contribution is 2.32. The van der Waals surface area contributed by atoms with Gasteiger partial charge in [0.1, 0.15) is 6.61 Å². The first kappa shape index (κ1) is 21.0. The zero-order chi connectivity index (χ0) is 20.3. The van der Waals surface area contributed by atoms with Gasteiger partial charge in [0.2, 0.25) is 12.7 Å². The predicted molar refractivity (Wildman–Crippen MR) is 105 cm³/mol. The molecule has 0 aliphatic carbocycles.